The molecule has 0 saturated carbocycles. The molecule has 0 aliphatic heterocycles. The summed E-state index contributed by atoms with van der Waals surface area (Å²) in [7, 11) is -3.72. The van der Waals surface area contributed by atoms with Crippen LogP contribution in [0.15, 0.2) is 33.3 Å². The van der Waals surface area contributed by atoms with E-state index in [1.807, 2.05) is 0 Å². The van der Waals surface area contributed by atoms with Crippen LogP contribution in [0.1, 0.15) is 4.88 Å². The van der Waals surface area contributed by atoms with Gasteiger partial charge in [0.2, 0.25) is 0 Å². The third-order valence-electron chi connectivity index (χ3n) is 1.91. The molecule has 0 spiro atoms. The number of hydrogen-bond donors (Lipinski definition) is 2. The van der Waals surface area contributed by atoms with E-state index in [1.165, 1.54) is 18.3 Å². The van der Waals surface area contributed by atoms with E-state index in [1.54, 1.807) is 0 Å². The van der Waals surface area contributed by atoms with Crippen LogP contribution in [-0.4, -0.2) is 24.7 Å². The van der Waals surface area contributed by atoms with Crippen molar-refractivity contribution in [1.82, 2.24) is 5.16 Å². The van der Waals surface area contributed by atoms with Gasteiger partial charge in [-0.3, -0.25) is 9.52 Å². The lowest BCUT2D eigenvalue weighted by Gasteiger charge is -2.01. The van der Waals surface area contributed by atoms with Crippen LogP contribution in [0, 0.1) is 0 Å². The van der Waals surface area contributed by atoms with Gasteiger partial charge in [0.1, 0.15) is 16.2 Å². The second-order valence-electron chi connectivity index (χ2n) is 3.31. The zero-order chi connectivity index (χ0) is 13.2. The molecular weight excluding hydrogens is 280 g/mol. The van der Waals surface area contributed by atoms with Gasteiger partial charge in [0.15, 0.2) is 0 Å². The van der Waals surface area contributed by atoms with Crippen molar-refractivity contribution in [1.29, 1.82) is 0 Å². The standard InChI is InChI=1S/C9H8N2O5S2/c12-8(13)3-7-1-2-9(17-7)18(14,15)11-6-4-10-16-5-6/h1-2,4-5,11H,3H2,(H,12,13). The largest absolute Gasteiger partial charge is 0.481 e. The number of carboxylic acid groups (broad SMARTS) is 1. The number of nitrogens with zero attached hydrogens (tertiary/aromatic N) is 1. The van der Waals surface area contributed by atoms with Gasteiger partial charge in [-0.1, -0.05) is 5.16 Å². The fourth-order valence-electron chi connectivity index (χ4n) is 1.21. The predicted octanol–water partition coefficient (Wildman–Crippen LogP) is 1.16. The average molecular weight is 288 g/mol. The van der Waals surface area contributed by atoms with Gasteiger partial charge in [-0.25, -0.2) is 8.42 Å². The van der Waals surface area contributed by atoms with Gasteiger partial charge in [-0.15, -0.1) is 11.3 Å². The van der Waals surface area contributed by atoms with Crippen LogP contribution in [0.3, 0.4) is 0 Å². The summed E-state index contributed by atoms with van der Waals surface area (Å²) in [5.41, 5.74) is 0.211. The minimum Gasteiger partial charge on any atom is -0.481 e. The maximum absolute atomic E-state index is 11.9. The van der Waals surface area contributed by atoms with E-state index < -0.39 is 16.0 Å². The molecule has 0 amide bonds. The van der Waals surface area contributed by atoms with Gasteiger partial charge in [-0.2, -0.15) is 0 Å². The predicted molar refractivity (Wildman–Crippen MR) is 63.0 cm³/mol. The zero-order valence-corrected chi connectivity index (χ0v) is 10.5. The molecule has 18 heavy (non-hydrogen) atoms. The zero-order valence-electron chi connectivity index (χ0n) is 8.86. The summed E-state index contributed by atoms with van der Waals surface area (Å²) < 4.78 is 30.6. The van der Waals surface area contributed by atoms with Gasteiger partial charge < -0.3 is 9.63 Å². The molecule has 2 N–H and O–H groups in total. The number of nitrogens with one attached hydrogen (secondary N) is 1. The lowest BCUT2D eigenvalue weighted by atomic mass is 10.3. The minimum absolute atomic E-state index is 0.0416. The number of aliphatic carboxylic acids is 1. The highest BCUT2D eigenvalue weighted by Gasteiger charge is 2.18. The molecular formula is C9H8N2O5S2. The molecule has 2 aromatic heterocycles. The summed E-state index contributed by atoms with van der Waals surface area (Å²) in [5, 5.41) is 12.0. The Balaban J connectivity index is 2.19. The molecule has 0 fully saturated rings. The summed E-state index contributed by atoms with van der Waals surface area (Å²) in [6, 6.07) is 2.83. The SMILES string of the molecule is O=C(O)Cc1ccc(S(=O)(=O)Nc2cnoc2)s1. The van der Waals surface area contributed by atoms with Crippen molar-refractivity contribution in [2.45, 2.75) is 10.6 Å². The number of carboxylic acids is 1. The van der Waals surface area contributed by atoms with E-state index in [9.17, 15) is 13.2 Å². The highest BCUT2D eigenvalue weighted by Crippen LogP contribution is 2.24. The Kier molecular flexibility index (Phi) is 3.34. The number of anilines is 1. The summed E-state index contributed by atoms with van der Waals surface area (Å²) in [6.45, 7) is 0. The highest BCUT2D eigenvalue weighted by atomic mass is 32.2. The van der Waals surface area contributed by atoms with E-state index in [2.05, 4.69) is 14.4 Å². The second-order valence-corrected chi connectivity index (χ2v) is 6.39. The van der Waals surface area contributed by atoms with Crippen molar-refractivity contribution in [2.75, 3.05) is 4.72 Å². The molecule has 0 aliphatic rings. The van der Waals surface area contributed by atoms with E-state index in [0.29, 0.717) is 4.88 Å². The fourth-order valence-corrected chi connectivity index (χ4v) is 3.58. The first kappa shape index (κ1) is 12.6. The number of rotatable bonds is 5. The Labute approximate surface area is 106 Å². The molecule has 0 aliphatic carbocycles. The number of sulfonamides is 1. The van der Waals surface area contributed by atoms with Crippen molar-refractivity contribution in [3.8, 4) is 0 Å². The molecule has 2 aromatic rings. The van der Waals surface area contributed by atoms with Gasteiger partial charge in [0, 0.05) is 4.88 Å². The van der Waals surface area contributed by atoms with Crippen LogP contribution < -0.4 is 4.72 Å². The quantitative estimate of drug-likeness (QED) is 0.854. The van der Waals surface area contributed by atoms with Crippen LogP contribution in [0.25, 0.3) is 0 Å². The smallest absolute Gasteiger partial charge is 0.308 e. The topological polar surface area (TPSA) is 110 Å². The molecule has 2 heterocycles. The first-order chi connectivity index (χ1) is 8.47. The monoisotopic (exact) mass is 288 g/mol. The fraction of sp³-hybridized carbons (Fsp3) is 0.111. The summed E-state index contributed by atoms with van der Waals surface area (Å²) in [4.78, 5) is 11.0. The van der Waals surface area contributed by atoms with Gasteiger partial charge in [0.25, 0.3) is 10.0 Å². The molecule has 96 valence electrons. The Morgan fingerprint density at radius 1 is 1.50 bits per heavy atom. The van der Waals surface area contributed by atoms with Crippen molar-refractivity contribution >= 4 is 33.0 Å². The van der Waals surface area contributed by atoms with Crippen molar-refractivity contribution in [2.24, 2.45) is 0 Å². The second kappa shape index (κ2) is 4.78. The first-order valence-corrected chi connectivity index (χ1v) is 7.00. The number of aromatic nitrogens is 1. The van der Waals surface area contributed by atoms with Gasteiger partial charge in [-0.05, 0) is 12.1 Å². The van der Waals surface area contributed by atoms with Crippen molar-refractivity contribution < 1.29 is 22.8 Å². The Morgan fingerprint density at radius 3 is 2.89 bits per heavy atom. The maximum atomic E-state index is 11.9. The third-order valence-corrected chi connectivity index (χ3v) is 4.87. The van der Waals surface area contributed by atoms with Crippen LogP contribution in [-0.2, 0) is 21.2 Å². The van der Waals surface area contributed by atoms with Gasteiger partial charge >= 0.3 is 5.97 Å². The van der Waals surface area contributed by atoms with E-state index >= 15 is 0 Å². The Bertz CT molecular complexity index is 644. The maximum Gasteiger partial charge on any atom is 0.308 e. The molecule has 0 saturated heterocycles. The lowest BCUT2D eigenvalue weighted by Crippen LogP contribution is -2.10. The van der Waals surface area contributed by atoms with Gasteiger partial charge in [0.05, 0.1) is 12.6 Å². The molecule has 0 unspecified atom stereocenters. The van der Waals surface area contributed by atoms with Crippen LogP contribution in [0.5, 0.6) is 0 Å². The minimum atomic E-state index is -3.72. The molecule has 0 radical (unpaired) electrons. The molecule has 9 heteroatoms. The molecule has 0 atom stereocenters. The summed E-state index contributed by atoms with van der Waals surface area (Å²) in [6.07, 6.45) is 2.18. The molecule has 0 aromatic carbocycles. The molecule has 2 rings (SSSR count). The number of carbonyl (C=O) groups is 1. The number of thiophene rings is 1. The average Bonchev–Trinajstić information content (AvgIpc) is 2.87. The van der Waals surface area contributed by atoms with Crippen LogP contribution in [0.2, 0.25) is 0 Å². The van der Waals surface area contributed by atoms with E-state index in [4.69, 9.17) is 5.11 Å². The highest BCUT2D eigenvalue weighted by molar-refractivity contribution is 7.94. The van der Waals surface area contributed by atoms with Crippen LogP contribution >= 0.6 is 11.3 Å². The normalized spacial score (nSPS) is 11.3. The lowest BCUT2D eigenvalue weighted by molar-refractivity contribution is -0.136. The van der Waals surface area contributed by atoms with Crippen molar-refractivity contribution in [3.05, 3.63) is 29.5 Å². The third kappa shape index (κ3) is 2.87. The Morgan fingerprint density at radius 2 is 2.28 bits per heavy atom. The number of hydrogen-bond acceptors (Lipinski definition) is 6. The van der Waals surface area contributed by atoms with E-state index in [0.717, 1.165) is 17.6 Å². The van der Waals surface area contributed by atoms with Crippen LogP contribution in [0.4, 0.5) is 5.69 Å². The summed E-state index contributed by atoms with van der Waals surface area (Å²) in [5.74, 6) is -1.01. The van der Waals surface area contributed by atoms with Crippen molar-refractivity contribution in [3.63, 3.8) is 0 Å². The Hall–Kier alpha value is -1.87. The first-order valence-electron chi connectivity index (χ1n) is 4.70. The summed E-state index contributed by atoms with van der Waals surface area (Å²) >= 11 is 0.908. The van der Waals surface area contributed by atoms with E-state index in [-0.39, 0.29) is 16.3 Å². The molecule has 0 bridgehead atoms. The molecule has 7 nitrogen and oxygen atoms in total.